The van der Waals surface area contributed by atoms with E-state index in [0.29, 0.717) is 0 Å². The minimum Gasteiger partial charge on any atom is -0.308 e. The molecule has 0 unspecified atom stereocenters. The minimum atomic E-state index is 1.01. The molecule has 0 aliphatic heterocycles. The average molecular weight is 471 g/mol. The van der Waals surface area contributed by atoms with Crippen molar-refractivity contribution in [2.75, 3.05) is 0 Å². The van der Waals surface area contributed by atoms with Gasteiger partial charge in [0, 0.05) is 38.5 Å². The summed E-state index contributed by atoms with van der Waals surface area (Å²) in [5.74, 6) is 0. The number of fused-ring (bicyclic) bond motifs is 7. The van der Waals surface area contributed by atoms with Gasteiger partial charge in [0.25, 0.3) is 0 Å². The van der Waals surface area contributed by atoms with Gasteiger partial charge in [-0.2, -0.15) is 0 Å². The Morgan fingerprint density at radius 2 is 0.973 bits per heavy atom. The van der Waals surface area contributed by atoms with Crippen LogP contribution in [0.15, 0.2) is 134 Å². The first-order chi connectivity index (χ1) is 18.4. The van der Waals surface area contributed by atoms with E-state index >= 15 is 0 Å². The molecule has 2 heteroatoms. The largest absolute Gasteiger partial charge is 0.308 e. The molecule has 0 saturated heterocycles. The van der Waals surface area contributed by atoms with Crippen molar-refractivity contribution in [2.24, 2.45) is 0 Å². The van der Waals surface area contributed by atoms with Crippen molar-refractivity contribution in [3.63, 3.8) is 0 Å². The van der Waals surface area contributed by atoms with Gasteiger partial charge in [-0.3, -0.25) is 4.98 Å². The summed E-state index contributed by atoms with van der Waals surface area (Å²) in [7, 11) is 0. The van der Waals surface area contributed by atoms with Gasteiger partial charge in [0.15, 0.2) is 0 Å². The Hall–Kier alpha value is -4.95. The maximum absolute atomic E-state index is 4.97. The molecule has 2 aromatic heterocycles. The van der Waals surface area contributed by atoms with E-state index in [1.54, 1.807) is 0 Å². The van der Waals surface area contributed by atoms with Crippen LogP contribution in [-0.2, 0) is 0 Å². The maximum atomic E-state index is 4.97. The molecule has 0 aliphatic rings. The molecular formula is C35H22N2. The van der Waals surface area contributed by atoms with Crippen molar-refractivity contribution < 1.29 is 0 Å². The van der Waals surface area contributed by atoms with E-state index < -0.39 is 0 Å². The van der Waals surface area contributed by atoms with E-state index in [1.807, 2.05) is 0 Å². The molecule has 8 rings (SSSR count). The Morgan fingerprint density at radius 1 is 0.432 bits per heavy atom. The van der Waals surface area contributed by atoms with Crippen LogP contribution in [0.25, 0.3) is 71.1 Å². The molecule has 0 spiro atoms. The highest BCUT2D eigenvalue weighted by Crippen LogP contribution is 2.45. The Balaban J connectivity index is 1.69. The maximum Gasteiger partial charge on any atom is 0.0708 e. The fourth-order valence-electron chi connectivity index (χ4n) is 6.09. The zero-order valence-corrected chi connectivity index (χ0v) is 20.1. The van der Waals surface area contributed by atoms with Crippen molar-refractivity contribution in [1.82, 2.24) is 9.55 Å². The molecule has 6 aromatic carbocycles. The number of aromatic nitrogens is 2. The number of hydrogen-bond acceptors (Lipinski definition) is 1. The molecule has 2 heterocycles. The van der Waals surface area contributed by atoms with Gasteiger partial charge in [-0.15, -0.1) is 0 Å². The van der Waals surface area contributed by atoms with Crippen molar-refractivity contribution in [1.29, 1.82) is 0 Å². The molecule has 0 bridgehead atoms. The lowest BCUT2D eigenvalue weighted by molar-refractivity contribution is 1.21. The van der Waals surface area contributed by atoms with Crippen molar-refractivity contribution in [3.05, 3.63) is 134 Å². The van der Waals surface area contributed by atoms with Crippen LogP contribution in [0, 0.1) is 0 Å². The molecule has 8 aromatic rings. The molecule has 0 fully saturated rings. The smallest absolute Gasteiger partial charge is 0.0708 e. The van der Waals surface area contributed by atoms with Crippen LogP contribution >= 0.6 is 0 Å². The molecule has 172 valence electrons. The SMILES string of the molecule is c1ccc(-c2c3ccccc3c(-n3c4ccccc4c4ccccc43)c3cnc4ccccc4c23)cc1. The normalized spacial score (nSPS) is 11.8. The zero-order valence-electron chi connectivity index (χ0n) is 20.1. The van der Waals surface area contributed by atoms with E-state index in [1.165, 1.54) is 60.2 Å². The average Bonchev–Trinajstić information content (AvgIpc) is 3.30. The topological polar surface area (TPSA) is 17.8 Å². The third-order valence-corrected chi connectivity index (χ3v) is 7.60. The van der Waals surface area contributed by atoms with Crippen LogP contribution in [0.1, 0.15) is 0 Å². The molecule has 0 amide bonds. The lowest BCUT2D eigenvalue weighted by atomic mass is 9.89. The zero-order chi connectivity index (χ0) is 24.3. The van der Waals surface area contributed by atoms with Gasteiger partial charge < -0.3 is 4.57 Å². The lowest BCUT2D eigenvalue weighted by Crippen LogP contribution is -2.00. The van der Waals surface area contributed by atoms with Crippen LogP contribution in [0.3, 0.4) is 0 Å². The summed E-state index contributed by atoms with van der Waals surface area (Å²) in [5.41, 5.74) is 7.08. The first-order valence-electron chi connectivity index (χ1n) is 12.7. The number of nitrogens with zero attached hydrogens (tertiary/aromatic N) is 2. The summed E-state index contributed by atoms with van der Waals surface area (Å²) < 4.78 is 2.44. The highest BCUT2D eigenvalue weighted by Gasteiger charge is 2.21. The molecule has 0 atom stereocenters. The van der Waals surface area contributed by atoms with Gasteiger partial charge >= 0.3 is 0 Å². The summed E-state index contributed by atoms with van der Waals surface area (Å²) >= 11 is 0. The van der Waals surface area contributed by atoms with E-state index in [4.69, 9.17) is 4.98 Å². The van der Waals surface area contributed by atoms with Crippen LogP contribution in [0.4, 0.5) is 0 Å². The van der Waals surface area contributed by atoms with Crippen molar-refractivity contribution in [3.8, 4) is 16.8 Å². The molecular weight excluding hydrogens is 448 g/mol. The van der Waals surface area contributed by atoms with Gasteiger partial charge in [0.1, 0.15) is 0 Å². The molecule has 0 N–H and O–H groups in total. The number of hydrogen-bond donors (Lipinski definition) is 0. The fraction of sp³-hybridized carbons (Fsp3) is 0. The predicted octanol–water partition coefficient (Wildman–Crippen LogP) is 9.31. The molecule has 2 nitrogen and oxygen atoms in total. The summed E-state index contributed by atoms with van der Waals surface area (Å²) in [6.07, 6.45) is 2.08. The molecule has 37 heavy (non-hydrogen) atoms. The number of benzene rings is 6. The Morgan fingerprint density at radius 3 is 1.68 bits per heavy atom. The quantitative estimate of drug-likeness (QED) is 0.182. The van der Waals surface area contributed by atoms with Gasteiger partial charge in [-0.1, -0.05) is 109 Å². The monoisotopic (exact) mass is 470 g/mol. The van der Waals surface area contributed by atoms with Gasteiger partial charge in [-0.05, 0) is 34.7 Å². The molecule has 0 radical (unpaired) electrons. The van der Waals surface area contributed by atoms with Crippen LogP contribution < -0.4 is 0 Å². The predicted molar refractivity (Wildman–Crippen MR) is 157 cm³/mol. The van der Waals surface area contributed by atoms with Crippen LogP contribution in [-0.4, -0.2) is 9.55 Å². The number of para-hydroxylation sites is 3. The standard InChI is InChI=1S/C35H22N2/c1-2-12-23(13-3-1)33-26-16-4-5-17-27(26)35(29-22-36-30-19-9-6-18-28(30)34(29)33)37-31-20-10-7-14-24(31)25-15-8-11-21-32(25)37/h1-22H. The number of pyridine rings is 1. The fourth-order valence-corrected chi connectivity index (χ4v) is 6.09. The van der Waals surface area contributed by atoms with Crippen LogP contribution in [0.2, 0.25) is 0 Å². The third-order valence-electron chi connectivity index (χ3n) is 7.60. The first-order valence-corrected chi connectivity index (χ1v) is 12.7. The summed E-state index contributed by atoms with van der Waals surface area (Å²) in [6, 6.07) is 45.5. The first kappa shape index (κ1) is 20.3. The van der Waals surface area contributed by atoms with Crippen LogP contribution in [0.5, 0.6) is 0 Å². The third kappa shape index (κ3) is 2.84. The summed E-state index contributed by atoms with van der Waals surface area (Å²) in [6.45, 7) is 0. The second-order valence-corrected chi connectivity index (χ2v) is 9.57. The van der Waals surface area contributed by atoms with Gasteiger partial charge in [0.05, 0.1) is 22.2 Å². The second kappa shape index (κ2) is 7.78. The lowest BCUT2D eigenvalue weighted by Gasteiger charge is -2.20. The highest BCUT2D eigenvalue weighted by atomic mass is 15.0. The Bertz CT molecular complexity index is 2080. The molecule has 0 saturated carbocycles. The minimum absolute atomic E-state index is 1.01. The van der Waals surface area contributed by atoms with Crippen molar-refractivity contribution >= 4 is 54.3 Å². The van der Waals surface area contributed by atoms with E-state index in [0.717, 1.165) is 10.9 Å². The molecule has 0 aliphatic carbocycles. The van der Waals surface area contributed by atoms with E-state index in [2.05, 4.69) is 138 Å². The Kier molecular flexibility index (Phi) is 4.26. The Labute approximate surface area is 214 Å². The van der Waals surface area contributed by atoms with E-state index in [-0.39, 0.29) is 0 Å². The highest BCUT2D eigenvalue weighted by molar-refractivity contribution is 6.26. The summed E-state index contributed by atoms with van der Waals surface area (Å²) in [5, 5.41) is 8.56. The van der Waals surface area contributed by atoms with Gasteiger partial charge in [-0.25, -0.2) is 0 Å². The van der Waals surface area contributed by atoms with Gasteiger partial charge in [0.2, 0.25) is 0 Å². The second-order valence-electron chi connectivity index (χ2n) is 9.57. The van der Waals surface area contributed by atoms with E-state index in [9.17, 15) is 0 Å². The summed E-state index contributed by atoms with van der Waals surface area (Å²) in [4.78, 5) is 4.97. The van der Waals surface area contributed by atoms with Crippen molar-refractivity contribution in [2.45, 2.75) is 0 Å². The number of rotatable bonds is 2.